The molecule has 0 amide bonds. The molecule has 1 aromatic carbocycles. The fourth-order valence-corrected chi connectivity index (χ4v) is 3.30. The molecule has 1 aliphatic heterocycles. The van der Waals surface area contributed by atoms with Crippen molar-refractivity contribution in [2.45, 2.75) is 45.2 Å². The number of likely N-dealkylation sites (tertiary alicyclic amines) is 1. The number of rotatable bonds is 6. The van der Waals surface area contributed by atoms with Crippen LogP contribution in [-0.4, -0.2) is 37.6 Å². The lowest BCUT2D eigenvalue weighted by atomic mass is 10.0. The van der Waals surface area contributed by atoms with E-state index in [1.807, 2.05) is 0 Å². The van der Waals surface area contributed by atoms with Gasteiger partial charge in [0.1, 0.15) is 0 Å². The lowest BCUT2D eigenvalue weighted by Gasteiger charge is -2.31. The summed E-state index contributed by atoms with van der Waals surface area (Å²) in [6.45, 7) is 7.93. The molecule has 1 aliphatic rings. The van der Waals surface area contributed by atoms with Gasteiger partial charge in [0.15, 0.2) is 0 Å². The number of anilines is 1. The molecule has 0 saturated carbocycles. The highest BCUT2D eigenvalue weighted by molar-refractivity contribution is 5.54. The van der Waals surface area contributed by atoms with Crippen LogP contribution in [0.25, 0.3) is 0 Å². The maximum Gasteiger partial charge on any atom is 0.0412 e. The number of benzene rings is 1. The van der Waals surface area contributed by atoms with Crippen molar-refractivity contribution in [3.8, 4) is 0 Å². The molecule has 2 N–H and O–H groups in total. The maximum atomic E-state index is 6.26. The predicted octanol–water partition coefficient (Wildman–Crippen LogP) is 3.02. The first-order valence-electron chi connectivity index (χ1n) is 7.97. The van der Waals surface area contributed by atoms with Gasteiger partial charge >= 0.3 is 0 Å². The van der Waals surface area contributed by atoms with Crippen LogP contribution in [0.15, 0.2) is 24.3 Å². The Kier molecular flexibility index (Phi) is 5.44. The monoisotopic (exact) mass is 275 g/mol. The number of hydrogen-bond donors (Lipinski definition) is 1. The number of nitrogens with zero attached hydrogens (tertiary/aromatic N) is 2. The summed E-state index contributed by atoms with van der Waals surface area (Å²) < 4.78 is 0. The van der Waals surface area contributed by atoms with Crippen LogP contribution in [0.5, 0.6) is 0 Å². The summed E-state index contributed by atoms with van der Waals surface area (Å²) in [6, 6.07) is 9.41. The molecule has 1 heterocycles. The van der Waals surface area contributed by atoms with Gasteiger partial charge in [0.25, 0.3) is 0 Å². The fourth-order valence-electron chi connectivity index (χ4n) is 3.30. The molecule has 2 atom stereocenters. The Bertz CT molecular complexity index is 418. The van der Waals surface area contributed by atoms with E-state index in [1.54, 1.807) is 0 Å². The minimum Gasteiger partial charge on any atom is -0.373 e. The SMILES string of the molecule is CCC(N)c1ccccc1N(C)CC1CCCN1CC. The van der Waals surface area contributed by atoms with Gasteiger partial charge in [0.05, 0.1) is 0 Å². The summed E-state index contributed by atoms with van der Waals surface area (Å²) >= 11 is 0. The van der Waals surface area contributed by atoms with E-state index < -0.39 is 0 Å². The lowest BCUT2D eigenvalue weighted by molar-refractivity contribution is 0.270. The average Bonchev–Trinajstić information content (AvgIpc) is 2.93. The summed E-state index contributed by atoms with van der Waals surface area (Å²) in [5.41, 5.74) is 8.83. The largest absolute Gasteiger partial charge is 0.373 e. The number of hydrogen-bond acceptors (Lipinski definition) is 3. The highest BCUT2D eigenvalue weighted by Gasteiger charge is 2.25. The van der Waals surface area contributed by atoms with Crippen LogP contribution < -0.4 is 10.6 Å². The van der Waals surface area contributed by atoms with Crippen molar-refractivity contribution >= 4 is 5.69 Å². The van der Waals surface area contributed by atoms with Gasteiger partial charge in [-0.2, -0.15) is 0 Å². The standard InChI is InChI=1S/C17H29N3/c1-4-16(18)15-10-6-7-11-17(15)19(3)13-14-9-8-12-20(14)5-2/h6-7,10-11,14,16H,4-5,8-9,12-13,18H2,1-3H3. The molecule has 3 heteroatoms. The first kappa shape index (κ1) is 15.3. The minimum absolute atomic E-state index is 0.138. The Morgan fingerprint density at radius 2 is 2.10 bits per heavy atom. The zero-order valence-electron chi connectivity index (χ0n) is 13.2. The number of para-hydroxylation sites is 1. The summed E-state index contributed by atoms with van der Waals surface area (Å²) in [7, 11) is 2.20. The molecule has 0 aromatic heterocycles. The summed E-state index contributed by atoms with van der Waals surface area (Å²) in [5.74, 6) is 0. The summed E-state index contributed by atoms with van der Waals surface area (Å²) in [5, 5.41) is 0. The molecule has 1 fully saturated rings. The molecule has 1 saturated heterocycles. The molecule has 0 aliphatic carbocycles. The molecule has 0 bridgehead atoms. The van der Waals surface area contributed by atoms with Crippen LogP contribution in [0.1, 0.15) is 44.7 Å². The molecule has 112 valence electrons. The Morgan fingerprint density at radius 3 is 2.80 bits per heavy atom. The second-order valence-corrected chi connectivity index (χ2v) is 5.88. The van der Waals surface area contributed by atoms with Gasteiger partial charge in [-0.05, 0) is 44.0 Å². The van der Waals surface area contributed by atoms with Crippen LogP contribution in [0.4, 0.5) is 5.69 Å². The van der Waals surface area contributed by atoms with Gasteiger partial charge in [0, 0.05) is 31.4 Å². The average molecular weight is 275 g/mol. The van der Waals surface area contributed by atoms with Gasteiger partial charge in [-0.25, -0.2) is 0 Å². The zero-order valence-corrected chi connectivity index (χ0v) is 13.2. The third-order valence-corrected chi connectivity index (χ3v) is 4.58. The number of nitrogens with two attached hydrogens (primary N) is 1. The van der Waals surface area contributed by atoms with Crippen LogP contribution >= 0.6 is 0 Å². The third-order valence-electron chi connectivity index (χ3n) is 4.58. The molecule has 2 unspecified atom stereocenters. The Balaban J connectivity index is 2.11. The first-order valence-corrected chi connectivity index (χ1v) is 7.97. The van der Waals surface area contributed by atoms with Crippen molar-refractivity contribution in [3.05, 3.63) is 29.8 Å². The van der Waals surface area contributed by atoms with Gasteiger partial charge in [-0.15, -0.1) is 0 Å². The topological polar surface area (TPSA) is 32.5 Å². The van der Waals surface area contributed by atoms with E-state index in [0.717, 1.165) is 19.5 Å². The van der Waals surface area contributed by atoms with E-state index in [-0.39, 0.29) is 6.04 Å². The van der Waals surface area contributed by atoms with Crippen LogP contribution in [0.3, 0.4) is 0 Å². The van der Waals surface area contributed by atoms with Gasteiger partial charge in [-0.3, -0.25) is 4.90 Å². The zero-order chi connectivity index (χ0) is 14.5. The maximum absolute atomic E-state index is 6.26. The summed E-state index contributed by atoms with van der Waals surface area (Å²) in [4.78, 5) is 4.99. The molecular formula is C17H29N3. The lowest BCUT2D eigenvalue weighted by Crippen LogP contribution is -2.39. The van der Waals surface area contributed by atoms with Gasteiger partial charge < -0.3 is 10.6 Å². The van der Waals surface area contributed by atoms with Crippen LogP contribution in [0.2, 0.25) is 0 Å². The van der Waals surface area contributed by atoms with Crippen molar-refractivity contribution in [3.63, 3.8) is 0 Å². The molecular weight excluding hydrogens is 246 g/mol. The molecule has 3 nitrogen and oxygen atoms in total. The van der Waals surface area contributed by atoms with Crippen molar-refractivity contribution in [2.24, 2.45) is 5.73 Å². The van der Waals surface area contributed by atoms with E-state index >= 15 is 0 Å². The van der Waals surface area contributed by atoms with Gasteiger partial charge in [-0.1, -0.05) is 32.0 Å². The van der Waals surface area contributed by atoms with Crippen molar-refractivity contribution < 1.29 is 0 Å². The second kappa shape index (κ2) is 7.09. The molecule has 0 radical (unpaired) electrons. The van der Waals surface area contributed by atoms with E-state index in [9.17, 15) is 0 Å². The Labute approximate surface area is 123 Å². The van der Waals surface area contributed by atoms with Crippen molar-refractivity contribution in [1.29, 1.82) is 0 Å². The van der Waals surface area contributed by atoms with Crippen LogP contribution in [-0.2, 0) is 0 Å². The highest BCUT2D eigenvalue weighted by Crippen LogP contribution is 2.27. The predicted molar refractivity (Wildman–Crippen MR) is 87.2 cm³/mol. The quantitative estimate of drug-likeness (QED) is 0.866. The number of likely N-dealkylation sites (N-methyl/N-ethyl adjacent to an activating group) is 2. The van der Waals surface area contributed by atoms with E-state index in [4.69, 9.17) is 5.73 Å². The minimum atomic E-state index is 0.138. The van der Waals surface area contributed by atoms with E-state index in [1.165, 1.54) is 30.6 Å². The highest BCUT2D eigenvalue weighted by atomic mass is 15.2. The normalized spacial score (nSPS) is 21.1. The molecule has 1 aromatic rings. The Morgan fingerprint density at radius 1 is 1.35 bits per heavy atom. The van der Waals surface area contributed by atoms with Crippen molar-refractivity contribution in [1.82, 2.24) is 4.90 Å². The van der Waals surface area contributed by atoms with Crippen molar-refractivity contribution in [2.75, 3.05) is 31.6 Å². The van der Waals surface area contributed by atoms with E-state index in [0.29, 0.717) is 6.04 Å². The van der Waals surface area contributed by atoms with Crippen LogP contribution in [0, 0.1) is 0 Å². The molecule has 2 rings (SSSR count). The first-order chi connectivity index (χ1) is 9.67. The molecule has 20 heavy (non-hydrogen) atoms. The second-order valence-electron chi connectivity index (χ2n) is 5.88. The van der Waals surface area contributed by atoms with E-state index in [2.05, 4.69) is 55.0 Å². The Hall–Kier alpha value is -1.06. The smallest absolute Gasteiger partial charge is 0.0412 e. The summed E-state index contributed by atoms with van der Waals surface area (Å²) in [6.07, 6.45) is 3.64. The van der Waals surface area contributed by atoms with Gasteiger partial charge in [0.2, 0.25) is 0 Å². The fraction of sp³-hybridized carbons (Fsp3) is 0.647. The third kappa shape index (κ3) is 3.33. The molecule has 0 spiro atoms.